The Morgan fingerprint density at radius 1 is 1.27 bits per heavy atom. The van der Waals surface area contributed by atoms with Crippen LogP contribution in [-0.2, 0) is 9.59 Å². The molecule has 1 aromatic carbocycles. The molecule has 6 nitrogen and oxygen atoms in total. The molecule has 1 aromatic rings. The summed E-state index contributed by atoms with van der Waals surface area (Å²) in [5.74, 6) is -2.39. The van der Waals surface area contributed by atoms with Crippen LogP contribution in [0.5, 0.6) is 5.75 Å². The lowest BCUT2D eigenvalue weighted by atomic mass is 10.2. The molecule has 0 aliphatic rings. The number of nitrogens with two attached hydrogens (primary N) is 1. The van der Waals surface area contributed by atoms with Crippen molar-refractivity contribution in [2.24, 2.45) is 5.73 Å². The summed E-state index contributed by atoms with van der Waals surface area (Å²) < 4.78 is 41.6. The SMILES string of the molecule is COc1cc(NC(=O)CCCN)ccc1NC(=O)C(F)(F)F. The maximum Gasteiger partial charge on any atom is 0.471 e. The van der Waals surface area contributed by atoms with E-state index in [4.69, 9.17) is 10.5 Å². The minimum Gasteiger partial charge on any atom is -0.494 e. The zero-order chi connectivity index (χ0) is 16.8. The third kappa shape index (κ3) is 5.24. The van der Waals surface area contributed by atoms with Crippen molar-refractivity contribution in [2.45, 2.75) is 19.0 Å². The van der Waals surface area contributed by atoms with Crippen molar-refractivity contribution in [2.75, 3.05) is 24.3 Å². The van der Waals surface area contributed by atoms with Crippen molar-refractivity contribution >= 4 is 23.2 Å². The van der Waals surface area contributed by atoms with Crippen molar-refractivity contribution in [3.63, 3.8) is 0 Å². The molecule has 0 spiro atoms. The highest BCUT2D eigenvalue weighted by atomic mass is 19.4. The summed E-state index contributed by atoms with van der Waals surface area (Å²) in [6.07, 6.45) is -4.26. The van der Waals surface area contributed by atoms with E-state index in [0.29, 0.717) is 18.7 Å². The van der Waals surface area contributed by atoms with Gasteiger partial charge in [-0.2, -0.15) is 13.2 Å². The molecule has 0 unspecified atom stereocenters. The number of methoxy groups -OCH3 is 1. The molecule has 9 heteroatoms. The van der Waals surface area contributed by atoms with Gasteiger partial charge in [-0.05, 0) is 25.1 Å². The highest BCUT2D eigenvalue weighted by molar-refractivity contribution is 5.97. The average Bonchev–Trinajstić information content (AvgIpc) is 2.45. The number of carbonyl (C=O) groups is 2. The fourth-order valence-electron chi connectivity index (χ4n) is 1.55. The molecular weight excluding hydrogens is 303 g/mol. The van der Waals surface area contributed by atoms with E-state index in [1.54, 1.807) is 5.32 Å². The second-order valence-corrected chi connectivity index (χ2v) is 4.31. The number of ether oxygens (including phenoxy) is 1. The molecule has 1 rings (SSSR count). The van der Waals surface area contributed by atoms with Crippen molar-refractivity contribution in [1.82, 2.24) is 0 Å². The smallest absolute Gasteiger partial charge is 0.471 e. The van der Waals surface area contributed by atoms with Crippen molar-refractivity contribution < 1.29 is 27.5 Å². The molecule has 0 aromatic heterocycles. The number of hydrogen-bond donors (Lipinski definition) is 3. The summed E-state index contributed by atoms with van der Waals surface area (Å²) in [7, 11) is 1.23. The first-order valence-corrected chi connectivity index (χ1v) is 6.34. The third-order valence-corrected chi connectivity index (χ3v) is 2.60. The van der Waals surface area contributed by atoms with E-state index >= 15 is 0 Å². The third-order valence-electron chi connectivity index (χ3n) is 2.60. The normalized spacial score (nSPS) is 11.0. The summed E-state index contributed by atoms with van der Waals surface area (Å²) in [5, 5.41) is 4.25. The zero-order valence-electron chi connectivity index (χ0n) is 11.8. The number of benzene rings is 1. The van der Waals surface area contributed by atoms with Crippen LogP contribution < -0.4 is 21.1 Å². The Kier molecular flexibility index (Phi) is 6.17. The second kappa shape index (κ2) is 7.64. The van der Waals surface area contributed by atoms with E-state index in [0.717, 1.165) is 0 Å². The average molecular weight is 319 g/mol. The lowest BCUT2D eigenvalue weighted by molar-refractivity contribution is -0.167. The summed E-state index contributed by atoms with van der Waals surface area (Å²) in [5.41, 5.74) is 5.47. The van der Waals surface area contributed by atoms with Crippen LogP contribution in [0.25, 0.3) is 0 Å². The first-order valence-electron chi connectivity index (χ1n) is 6.34. The van der Waals surface area contributed by atoms with E-state index in [9.17, 15) is 22.8 Å². The van der Waals surface area contributed by atoms with Gasteiger partial charge in [0.05, 0.1) is 12.8 Å². The molecule has 2 amide bonds. The standard InChI is InChI=1S/C13H16F3N3O3/c1-22-10-7-8(18-11(20)3-2-6-17)4-5-9(10)19-12(21)13(14,15)16/h4-5,7H,2-3,6,17H2,1H3,(H,18,20)(H,19,21). The minimum atomic E-state index is -5.00. The lowest BCUT2D eigenvalue weighted by Gasteiger charge is -2.13. The molecule has 0 saturated heterocycles. The van der Waals surface area contributed by atoms with Gasteiger partial charge in [-0.3, -0.25) is 9.59 Å². The highest BCUT2D eigenvalue weighted by Gasteiger charge is 2.39. The highest BCUT2D eigenvalue weighted by Crippen LogP contribution is 2.29. The number of halogens is 3. The van der Waals surface area contributed by atoms with Gasteiger partial charge in [0.15, 0.2) is 0 Å². The van der Waals surface area contributed by atoms with E-state index in [-0.39, 0.29) is 23.8 Å². The molecule has 0 atom stereocenters. The molecule has 0 bridgehead atoms. The Labute approximate surface area is 124 Å². The molecule has 4 N–H and O–H groups in total. The number of carbonyl (C=O) groups excluding carboxylic acids is 2. The largest absolute Gasteiger partial charge is 0.494 e. The minimum absolute atomic E-state index is 0.00535. The molecule has 0 saturated carbocycles. The number of hydrogen-bond acceptors (Lipinski definition) is 4. The fraction of sp³-hybridized carbons (Fsp3) is 0.385. The predicted octanol–water partition coefficient (Wildman–Crippen LogP) is 1.87. The molecule has 0 aliphatic carbocycles. The van der Waals surface area contributed by atoms with Crippen LogP contribution in [0.2, 0.25) is 0 Å². The molecule has 0 aliphatic heterocycles. The van der Waals surface area contributed by atoms with E-state index in [1.165, 1.54) is 25.3 Å². The zero-order valence-corrected chi connectivity index (χ0v) is 11.8. The van der Waals surface area contributed by atoms with Crippen LogP contribution >= 0.6 is 0 Å². The summed E-state index contributed by atoms with van der Waals surface area (Å²) in [6.45, 7) is 0.374. The molecule has 0 radical (unpaired) electrons. The maximum absolute atomic E-state index is 12.2. The summed E-state index contributed by atoms with van der Waals surface area (Å²) in [4.78, 5) is 22.4. The predicted molar refractivity (Wildman–Crippen MR) is 74.6 cm³/mol. The fourth-order valence-corrected chi connectivity index (χ4v) is 1.55. The van der Waals surface area contributed by atoms with Gasteiger partial charge in [0.25, 0.3) is 0 Å². The van der Waals surface area contributed by atoms with E-state index in [1.807, 2.05) is 0 Å². The molecular formula is C13H16F3N3O3. The van der Waals surface area contributed by atoms with Crippen LogP contribution in [0.4, 0.5) is 24.5 Å². The summed E-state index contributed by atoms with van der Waals surface area (Å²) in [6, 6.07) is 3.88. The molecule has 22 heavy (non-hydrogen) atoms. The second-order valence-electron chi connectivity index (χ2n) is 4.31. The van der Waals surface area contributed by atoms with Crippen LogP contribution in [-0.4, -0.2) is 31.6 Å². The molecule has 0 heterocycles. The van der Waals surface area contributed by atoms with E-state index < -0.39 is 12.1 Å². The quantitative estimate of drug-likeness (QED) is 0.746. The number of anilines is 2. The maximum atomic E-state index is 12.2. The van der Waals surface area contributed by atoms with Gasteiger partial charge >= 0.3 is 12.1 Å². The Bertz CT molecular complexity index is 547. The van der Waals surface area contributed by atoms with Gasteiger partial charge < -0.3 is 21.1 Å². The Morgan fingerprint density at radius 3 is 2.50 bits per heavy atom. The Morgan fingerprint density at radius 2 is 1.95 bits per heavy atom. The molecule has 0 fully saturated rings. The Hall–Kier alpha value is -2.29. The monoisotopic (exact) mass is 319 g/mol. The summed E-state index contributed by atoms with van der Waals surface area (Å²) >= 11 is 0. The van der Waals surface area contributed by atoms with Gasteiger partial charge in [0, 0.05) is 18.2 Å². The van der Waals surface area contributed by atoms with Crippen molar-refractivity contribution in [3.8, 4) is 5.75 Å². The number of nitrogens with one attached hydrogen (secondary N) is 2. The van der Waals surface area contributed by atoms with E-state index in [2.05, 4.69) is 5.32 Å². The van der Waals surface area contributed by atoms with Gasteiger partial charge in [-0.15, -0.1) is 0 Å². The van der Waals surface area contributed by atoms with Gasteiger partial charge in [-0.1, -0.05) is 0 Å². The van der Waals surface area contributed by atoms with Crippen LogP contribution in [0.15, 0.2) is 18.2 Å². The van der Waals surface area contributed by atoms with Crippen LogP contribution in [0.3, 0.4) is 0 Å². The first kappa shape index (κ1) is 17.8. The lowest BCUT2D eigenvalue weighted by Crippen LogP contribution is -2.30. The number of alkyl halides is 3. The van der Waals surface area contributed by atoms with Gasteiger partial charge in [-0.25, -0.2) is 0 Å². The van der Waals surface area contributed by atoms with Gasteiger partial charge in [0.1, 0.15) is 5.75 Å². The molecule has 122 valence electrons. The topological polar surface area (TPSA) is 93.4 Å². The van der Waals surface area contributed by atoms with Crippen molar-refractivity contribution in [3.05, 3.63) is 18.2 Å². The van der Waals surface area contributed by atoms with Crippen LogP contribution in [0, 0.1) is 0 Å². The van der Waals surface area contributed by atoms with Gasteiger partial charge in [0.2, 0.25) is 5.91 Å². The van der Waals surface area contributed by atoms with Crippen molar-refractivity contribution in [1.29, 1.82) is 0 Å². The Balaban J connectivity index is 2.83. The van der Waals surface area contributed by atoms with Crippen LogP contribution in [0.1, 0.15) is 12.8 Å². The first-order chi connectivity index (χ1) is 10.3. The number of rotatable bonds is 6. The number of amides is 2.